The fraction of sp³-hybridized carbons (Fsp3) is 0.586. The number of carbonyl (C=O) groups excluding carboxylic acids is 2. The fourth-order valence-corrected chi connectivity index (χ4v) is 6.09. The quantitative estimate of drug-likeness (QED) is 0.471. The highest BCUT2D eigenvalue weighted by molar-refractivity contribution is 6.04. The van der Waals surface area contributed by atoms with E-state index in [0.29, 0.717) is 18.4 Å². The van der Waals surface area contributed by atoms with Crippen molar-refractivity contribution in [3.63, 3.8) is 0 Å². The van der Waals surface area contributed by atoms with Gasteiger partial charge in [0.05, 0.1) is 6.20 Å². The van der Waals surface area contributed by atoms with E-state index in [4.69, 9.17) is 9.72 Å². The highest BCUT2D eigenvalue weighted by atomic mass is 16.5. The molecule has 2 aromatic rings. The molecule has 5 rings (SSSR count). The van der Waals surface area contributed by atoms with Crippen molar-refractivity contribution in [2.75, 3.05) is 29.2 Å². The molecule has 1 aliphatic heterocycles. The summed E-state index contributed by atoms with van der Waals surface area (Å²) in [7, 11) is 3.61. The number of fused-ring (bicyclic) bond motifs is 1. The topological polar surface area (TPSA) is 99.7 Å². The van der Waals surface area contributed by atoms with E-state index in [-0.39, 0.29) is 30.1 Å². The molecular formula is C29H40N6O3. The number of amides is 1. The molecule has 0 spiro atoms. The lowest BCUT2D eigenvalue weighted by atomic mass is 10.0. The number of nitrogens with one attached hydrogen (secondary N) is 2. The van der Waals surface area contributed by atoms with Crippen molar-refractivity contribution < 1.29 is 14.3 Å². The average Bonchev–Trinajstić information content (AvgIpc) is 3.65. The van der Waals surface area contributed by atoms with Crippen LogP contribution in [-0.2, 0) is 20.7 Å². The molecule has 2 aliphatic carbocycles. The number of likely N-dealkylation sites (N-methyl/N-ethyl adjacent to an activating group) is 2. The van der Waals surface area contributed by atoms with Crippen molar-refractivity contribution in [1.29, 1.82) is 0 Å². The maximum absolute atomic E-state index is 13.1. The third-order valence-corrected chi connectivity index (χ3v) is 8.28. The summed E-state index contributed by atoms with van der Waals surface area (Å²) in [5.74, 6) is 1.27. The van der Waals surface area contributed by atoms with Crippen molar-refractivity contribution in [2.45, 2.75) is 95.4 Å². The van der Waals surface area contributed by atoms with Crippen molar-refractivity contribution in [1.82, 2.24) is 15.3 Å². The largest absolute Gasteiger partial charge is 0.461 e. The average molecular weight is 521 g/mol. The van der Waals surface area contributed by atoms with Gasteiger partial charge in [-0.3, -0.25) is 9.59 Å². The third-order valence-electron chi connectivity index (χ3n) is 8.28. The van der Waals surface area contributed by atoms with Crippen LogP contribution in [0.5, 0.6) is 0 Å². The highest BCUT2D eigenvalue weighted by Crippen LogP contribution is 2.40. The molecule has 3 aliphatic rings. The Morgan fingerprint density at radius 1 is 1.11 bits per heavy atom. The molecule has 2 heterocycles. The predicted octanol–water partition coefficient (Wildman–Crippen LogP) is 4.34. The van der Waals surface area contributed by atoms with Gasteiger partial charge in [0, 0.05) is 18.8 Å². The number of aromatic nitrogens is 2. The number of anilines is 4. The van der Waals surface area contributed by atoms with Gasteiger partial charge in [0.25, 0.3) is 0 Å². The molecule has 0 radical (unpaired) electrons. The Hall–Kier alpha value is -3.20. The van der Waals surface area contributed by atoms with Gasteiger partial charge in [0.1, 0.15) is 23.9 Å². The lowest BCUT2D eigenvalue weighted by molar-refractivity contribution is -0.151. The van der Waals surface area contributed by atoms with Gasteiger partial charge in [-0.05, 0) is 76.1 Å². The van der Waals surface area contributed by atoms with E-state index < -0.39 is 0 Å². The van der Waals surface area contributed by atoms with E-state index in [1.165, 1.54) is 12.8 Å². The molecule has 1 aromatic heterocycles. The molecule has 38 heavy (non-hydrogen) atoms. The second-order valence-electron chi connectivity index (χ2n) is 10.8. The first-order valence-corrected chi connectivity index (χ1v) is 14.1. The summed E-state index contributed by atoms with van der Waals surface area (Å²) in [5, 5.41) is 6.44. The van der Waals surface area contributed by atoms with Crippen molar-refractivity contribution >= 4 is 35.0 Å². The van der Waals surface area contributed by atoms with E-state index in [1.54, 1.807) is 18.1 Å². The first-order chi connectivity index (χ1) is 18.5. The Labute approximate surface area is 225 Å². The Kier molecular flexibility index (Phi) is 8.12. The molecule has 2 N–H and O–H groups in total. The van der Waals surface area contributed by atoms with Gasteiger partial charge in [-0.25, -0.2) is 4.98 Å². The molecule has 9 heteroatoms. The molecule has 204 valence electrons. The molecule has 0 bridgehead atoms. The molecular weight excluding hydrogens is 480 g/mol. The molecule has 2 saturated carbocycles. The normalized spacial score (nSPS) is 21.0. The van der Waals surface area contributed by atoms with Crippen LogP contribution in [0.25, 0.3) is 0 Å². The Balaban J connectivity index is 1.29. The maximum Gasteiger partial charge on any atom is 0.323 e. The van der Waals surface area contributed by atoms with E-state index in [9.17, 15) is 9.59 Å². The molecule has 9 nitrogen and oxygen atoms in total. The minimum absolute atomic E-state index is 0.0663. The van der Waals surface area contributed by atoms with Crippen LogP contribution in [0.2, 0.25) is 0 Å². The molecule has 0 saturated heterocycles. The zero-order valence-corrected chi connectivity index (χ0v) is 22.8. The van der Waals surface area contributed by atoms with Crippen LogP contribution in [0.3, 0.4) is 0 Å². The van der Waals surface area contributed by atoms with Crippen molar-refractivity contribution in [3.8, 4) is 0 Å². The molecule has 0 unspecified atom stereocenters. The second kappa shape index (κ2) is 11.7. The van der Waals surface area contributed by atoms with Crippen LogP contribution in [-0.4, -0.2) is 60.2 Å². The van der Waals surface area contributed by atoms with Crippen LogP contribution in [0, 0.1) is 0 Å². The van der Waals surface area contributed by atoms with E-state index in [2.05, 4.69) is 27.4 Å². The minimum atomic E-state index is -0.369. The van der Waals surface area contributed by atoms with Gasteiger partial charge in [-0.1, -0.05) is 31.9 Å². The minimum Gasteiger partial charge on any atom is -0.461 e. The maximum atomic E-state index is 13.1. The summed E-state index contributed by atoms with van der Waals surface area (Å²) >= 11 is 0. The predicted molar refractivity (Wildman–Crippen MR) is 149 cm³/mol. The van der Waals surface area contributed by atoms with Gasteiger partial charge in [-0.2, -0.15) is 4.98 Å². The van der Waals surface area contributed by atoms with Gasteiger partial charge in [-0.15, -0.1) is 0 Å². The Bertz CT molecular complexity index is 1130. The fourth-order valence-electron chi connectivity index (χ4n) is 6.09. The zero-order valence-electron chi connectivity index (χ0n) is 22.8. The van der Waals surface area contributed by atoms with Crippen LogP contribution in [0.15, 0.2) is 30.5 Å². The number of rotatable bonds is 9. The SMILES string of the molecule is CC[C@@H]1C(=O)N(C)c2cnc(Nc3ccc(C[C@H](NC)C(=O)OC4CCCC4)cc3)nc2N1C1CCCC1. The molecule has 2 atom stereocenters. The standard InChI is InChI=1S/C29H40N6O3/c1-4-24-27(36)34(3)25-18-31-29(33-26(25)35(24)21-9-5-6-10-21)32-20-15-13-19(14-16-20)17-23(30-2)28(37)38-22-11-7-8-12-22/h13-16,18,21-24,30H,4-12,17H2,1-3H3,(H,31,32,33)/t23-,24+/m0/s1. The number of carbonyl (C=O) groups is 2. The molecule has 1 aromatic carbocycles. The van der Waals surface area contributed by atoms with Gasteiger partial charge < -0.3 is 25.2 Å². The summed E-state index contributed by atoms with van der Waals surface area (Å²) in [6.45, 7) is 2.07. The summed E-state index contributed by atoms with van der Waals surface area (Å²) in [6, 6.07) is 7.75. The number of benzene rings is 1. The van der Waals surface area contributed by atoms with Gasteiger partial charge >= 0.3 is 5.97 Å². The van der Waals surface area contributed by atoms with Gasteiger partial charge in [0.2, 0.25) is 11.9 Å². The first-order valence-electron chi connectivity index (χ1n) is 14.1. The van der Waals surface area contributed by atoms with Gasteiger partial charge in [0.15, 0.2) is 5.82 Å². The van der Waals surface area contributed by atoms with E-state index >= 15 is 0 Å². The summed E-state index contributed by atoms with van der Waals surface area (Å²) in [5.41, 5.74) is 2.67. The second-order valence-corrected chi connectivity index (χ2v) is 10.8. The van der Waals surface area contributed by atoms with E-state index in [1.807, 2.05) is 31.3 Å². The van der Waals surface area contributed by atoms with Crippen molar-refractivity contribution in [2.24, 2.45) is 0 Å². The van der Waals surface area contributed by atoms with E-state index in [0.717, 1.165) is 67.7 Å². The monoisotopic (exact) mass is 520 g/mol. The Morgan fingerprint density at radius 2 is 1.79 bits per heavy atom. The van der Waals surface area contributed by atoms with Crippen LogP contribution in [0.4, 0.5) is 23.1 Å². The zero-order chi connectivity index (χ0) is 26.6. The molecule has 1 amide bonds. The number of esters is 1. The summed E-state index contributed by atoms with van der Waals surface area (Å²) < 4.78 is 5.70. The molecule has 2 fully saturated rings. The summed E-state index contributed by atoms with van der Waals surface area (Å²) in [6.07, 6.45) is 11.9. The summed E-state index contributed by atoms with van der Waals surface area (Å²) in [4.78, 5) is 39.1. The van der Waals surface area contributed by atoms with Crippen molar-refractivity contribution in [3.05, 3.63) is 36.0 Å². The number of ether oxygens (including phenoxy) is 1. The highest BCUT2D eigenvalue weighted by Gasteiger charge is 2.41. The number of nitrogens with zero attached hydrogens (tertiary/aromatic N) is 4. The number of hydrogen-bond donors (Lipinski definition) is 2. The smallest absolute Gasteiger partial charge is 0.323 e. The lowest BCUT2D eigenvalue weighted by Gasteiger charge is -2.43. The third kappa shape index (κ3) is 5.48. The first kappa shape index (κ1) is 26.4. The van der Waals surface area contributed by atoms with Crippen LogP contribution in [0.1, 0.15) is 70.3 Å². The number of hydrogen-bond acceptors (Lipinski definition) is 8. The Morgan fingerprint density at radius 3 is 2.45 bits per heavy atom. The lowest BCUT2D eigenvalue weighted by Crippen LogP contribution is -2.55. The van der Waals surface area contributed by atoms with Crippen LogP contribution >= 0.6 is 0 Å². The van der Waals surface area contributed by atoms with Crippen LogP contribution < -0.4 is 20.4 Å².